The van der Waals surface area contributed by atoms with Crippen LogP contribution in [0.2, 0.25) is 5.02 Å². The van der Waals surface area contributed by atoms with Crippen molar-refractivity contribution >= 4 is 17.5 Å². The topological polar surface area (TPSA) is 54.3 Å². The summed E-state index contributed by atoms with van der Waals surface area (Å²) in [7, 11) is 2.11. The number of hydrogen-bond donors (Lipinski definition) is 0. The minimum atomic E-state index is -2.69. The van der Waals surface area contributed by atoms with E-state index in [1.807, 2.05) is 17.0 Å². The van der Waals surface area contributed by atoms with Crippen LogP contribution in [-0.4, -0.2) is 63.5 Å². The van der Waals surface area contributed by atoms with E-state index in [9.17, 15) is 13.6 Å². The highest BCUT2D eigenvalue weighted by Gasteiger charge is 2.40. The van der Waals surface area contributed by atoms with Gasteiger partial charge in [0.25, 0.3) is 6.43 Å². The fraction of sp³-hybridized carbons (Fsp3) is 0.375. The number of rotatable bonds is 5. The van der Waals surface area contributed by atoms with Gasteiger partial charge in [0.2, 0.25) is 5.91 Å². The maximum absolute atomic E-state index is 13.3. The molecule has 9 heteroatoms. The van der Waals surface area contributed by atoms with E-state index in [0.29, 0.717) is 33.8 Å². The highest BCUT2D eigenvalue weighted by molar-refractivity contribution is 6.30. The second-order valence-corrected chi connectivity index (χ2v) is 9.32. The molecule has 0 bridgehead atoms. The van der Waals surface area contributed by atoms with E-state index < -0.39 is 6.43 Å². The molecule has 0 aliphatic carbocycles. The predicted molar refractivity (Wildman–Crippen MR) is 122 cm³/mol. The molecule has 0 saturated carbocycles. The fourth-order valence-corrected chi connectivity index (χ4v) is 5.14. The van der Waals surface area contributed by atoms with E-state index in [-0.39, 0.29) is 18.1 Å². The molecule has 2 unspecified atom stereocenters. The molecule has 4 heterocycles. The second-order valence-electron chi connectivity index (χ2n) is 8.89. The van der Waals surface area contributed by atoms with Crippen molar-refractivity contribution in [2.75, 3.05) is 33.2 Å². The van der Waals surface area contributed by atoms with Crippen LogP contribution in [0, 0.1) is 11.8 Å². The molecule has 2 atom stereocenters. The number of nitrogens with zero attached hydrogens (tertiary/aromatic N) is 5. The normalized spacial score (nSPS) is 20.6. The Morgan fingerprint density at radius 3 is 2.42 bits per heavy atom. The fourth-order valence-electron chi connectivity index (χ4n) is 5.02. The van der Waals surface area contributed by atoms with Gasteiger partial charge in [0, 0.05) is 48.5 Å². The highest BCUT2D eigenvalue weighted by atomic mass is 35.5. The number of pyridine rings is 1. The average molecular weight is 472 g/mol. The minimum Gasteiger partial charge on any atom is -0.340 e. The Balaban J connectivity index is 1.48. The van der Waals surface area contributed by atoms with Crippen LogP contribution in [0.5, 0.6) is 0 Å². The van der Waals surface area contributed by atoms with E-state index >= 15 is 0 Å². The molecule has 2 aliphatic heterocycles. The number of imidazole rings is 1. The summed E-state index contributed by atoms with van der Waals surface area (Å²) in [6.07, 6.45) is 0.272. The largest absolute Gasteiger partial charge is 0.340 e. The van der Waals surface area contributed by atoms with Crippen LogP contribution in [0.3, 0.4) is 0 Å². The first kappa shape index (κ1) is 22.0. The van der Waals surface area contributed by atoms with Gasteiger partial charge in [-0.05, 0) is 43.1 Å². The summed E-state index contributed by atoms with van der Waals surface area (Å²) in [6, 6.07) is 10.2. The van der Waals surface area contributed by atoms with Crippen molar-refractivity contribution in [3.05, 3.63) is 59.6 Å². The van der Waals surface area contributed by atoms with E-state index in [0.717, 1.165) is 31.7 Å². The molecule has 6 nitrogen and oxygen atoms in total. The van der Waals surface area contributed by atoms with Gasteiger partial charge in [-0.1, -0.05) is 23.7 Å². The molecule has 172 valence electrons. The third-order valence-electron chi connectivity index (χ3n) is 6.56. The van der Waals surface area contributed by atoms with Crippen molar-refractivity contribution in [1.82, 2.24) is 24.3 Å². The van der Waals surface area contributed by atoms with Gasteiger partial charge in [0.05, 0.1) is 17.7 Å². The SMILES string of the molecule is CN1CC2CN(C(=O)Cn3cnc(-c4ccc(Cl)cc4)c3-c3ccnc(C(F)F)c3)CC2C1. The average Bonchev–Trinajstić information content (AvgIpc) is 3.47. The maximum Gasteiger partial charge on any atom is 0.280 e. The van der Waals surface area contributed by atoms with E-state index in [1.165, 1.54) is 12.3 Å². The second kappa shape index (κ2) is 8.83. The van der Waals surface area contributed by atoms with Crippen molar-refractivity contribution in [1.29, 1.82) is 0 Å². The van der Waals surface area contributed by atoms with E-state index in [2.05, 4.69) is 21.9 Å². The summed E-state index contributed by atoms with van der Waals surface area (Å²) >= 11 is 6.04. The molecule has 0 N–H and O–H groups in total. The molecule has 33 heavy (non-hydrogen) atoms. The van der Waals surface area contributed by atoms with E-state index in [1.54, 1.807) is 29.1 Å². The number of amides is 1. The number of halogens is 3. The number of fused-ring (bicyclic) bond motifs is 1. The van der Waals surface area contributed by atoms with Crippen LogP contribution >= 0.6 is 11.6 Å². The maximum atomic E-state index is 13.3. The highest BCUT2D eigenvalue weighted by Crippen LogP contribution is 2.34. The van der Waals surface area contributed by atoms with Gasteiger partial charge >= 0.3 is 0 Å². The molecule has 2 saturated heterocycles. The third-order valence-corrected chi connectivity index (χ3v) is 6.81. The molecule has 0 radical (unpaired) electrons. The number of carbonyl (C=O) groups is 1. The van der Waals surface area contributed by atoms with Gasteiger partial charge < -0.3 is 14.4 Å². The number of benzene rings is 1. The number of alkyl halides is 2. The molecule has 1 aromatic carbocycles. The summed E-state index contributed by atoms with van der Waals surface area (Å²) in [6.45, 7) is 3.63. The van der Waals surface area contributed by atoms with Gasteiger partial charge in [-0.15, -0.1) is 0 Å². The lowest BCUT2D eigenvalue weighted by Crippen LogP contribution is -2.34. The Hall–Kier alpha value is -2.84. The summed E-state index contributed by atoms with van der Waals surface area (Å²) in [4.78, 5) is 25.8. The lowest BCUT2D eigenvalue weighted by atomic mass is 10.0. The first-order valence-electron chi connectivity index (χ1n) is 10.9. The molecule has 5 rings (SSSR count). The minimum absolute atomic E-state index is 0.0106. The first-order chi connectivity index (χ1) is 15.9. The summed E-state index contributed by atoms with van der Waals surface area (Å²) < 4.78 is 28.4. The zero-order chi connectivity index (χ0) is 23.1. The zero-order valence-corrected chi connectivity index (χ0v) is 18.9. The lowest BCUT2D eigenvalue weighted by Gasteiger charge is -2.20. The van der Waals surface area contributed by atoms with Crippen LogP contribution in [0.1, 0.15) is 12.1 Å². The van der Waals surface area contributed by atoms with Crippen LogP contribution in [0.15, 0.2) is 48.9 Å². The monoisotopic (exact) mass is 471 g/mol. The van der Waals surface area contributed by atoms with Crippen molar-refractivity contribution in [2.24, 2.45) is 11.8 Å². The lowest BCUT2D eigenvalue weighted by molar-refractivity contribution is -0.131. The smallest absolute Gasteiger partial charge is 0.280 e. The summed E-state index contributed by atoms with van der Waals surface area (Å²) in [5.41, 5.74) is 2.22. The Kier molecular flexibility index (Phi) is 5.88. The van der Waals surface area contributed by atoms with Gasteiger partial charge in [-0.2, -0.15) is 0 Å². The molecular weight excluding hydrogens is 448 g/mol. The quantitative estimate of drug-likeness (QED) is 0.559. The number of carbonyl (C=O) groups excluding carboxylic acids is 1. The van der Waals surface area contributed by atoms with Crippen LogP contribution in [0.4, 0.5) is 8.78 Å². The molecular formula is C24H24ClF2N5O. The number of aromatic nitrogens is 3. The van der Waals surface area contributed by atoms with Crippen molar-refractivity contribution in [3.63, 3.8) is 0 Å². The van der Waals surface area contributed by atoms with Crippen molar-refractivity contribution < 1.29 is 13.6 Å². The van der Waals surface area contributed by atoms with Gasteiger partial charge in [0.1, 0.15) is 12.2 Å². The molecule has 2 aliphatic rings. The number of likely N-dealkylation sites (tertiary alicyclic amines) is 2. The Labute approximate surface area is 195 Å². The number of hydrogen-bond acceptors (Lipinski definition) is 4. The summed E-state index contributed by atoms with van der Waals surface area (Å²) in [5, 5.41) is 0.587. The first-order valence-corrected chi connectivity index (χ1v) is 11.3. The van der Waals surface area contributed by atoms with Gasteiger partial charge in [0.15, 0.2) is 0 Å². The van der Waals surface area contributed by atoms with Crippen LogP contribution in [-0.2, 0) is 11.3 Å². The van der Waals surface area contributed by atoms with Gasteiger partial charge in [-0.25, -0.2) is 13.8 Å². The Morgan fingerprint density at radius 1 is 1.06 bits per heavy atom. The van der Waals surface area contributed by atoms with Crippen molar-refractivity contribution in [3.8, 4) is 22.5 Å². The van der Waals surface area contributed by atoms with Crippen LogP contribution < -0.4 is 0 Å². The standard InChI is InChI=1S/C24H24ClF2N5O/c1-30-9-17-11-31(12-18(17)10-30)21(33)13-32-14-29-22(15-2-4-19(25)5-3-15)23(32)16-6-7-28-20(8-16)24(26)27/h2-8,14,17-18,24H,9-13H2,1H3. The summed E-state index contributed by atoms with van der Waals surface area (Å²) in [5.74, 6) is 1.04. The zero-order valence-electron chi connectivity index (χ0n) is 18.2. The third kappa shape index (κ3) is 4.37. The van der Waals surface area contributed by atoms with Crippen LogP contribution in [0.25, 0.3) is 22.5 Å². The van der Waals surface area contributed by atoms with Gasteiger partial charge in [-0.3, -0.25) is 9.78 Å². The Morgan fingerprint density at radius 2 is 1.76 bits per heavy atom. The van der Waals surface area contributed by atoms with E-state index in [4.69, 9.17) is 11.6 Å². The predicted octanol–water partition coefficient (Wildman–Crippen LogP) is 4.22. The van der Waals surface area contributed by atoms with Crippen molar-refractivity contribution in [2.45, 2.75) is 13.0 Å². The molecule has 2 fully saturated rings. The molecule has 3 aromatic rings. The Bertz CT molecular complexity index is 1150. The molecule has 1 amide bonds. The molecule has 0 spiro atoms. The molecule has 2 aromatic heterocycles.